The van der Waals surface area contributed by atoms with Crippen LogP contribution in [0.15, 0.2) is 23.1 Å². The molecule has 0 aliphatic heterocycles. The average molecular weight is 313 g/mol. The van der Waals surface area contributed by atoms with Crippen molar-refractivity contribution in [1.82, 2.24) is 10.3 Å². The minimum Gasteiger partial charge on any atom is -0.349 e. The second kappa shape index (κ2) is 6.18. The summed E-state index contributed by atoms with van der Waals surface area (Å²) in [7, 11) is 0. The molecule has 1 saturated carbocycles. The Morgan fingerprint density at radius 3 is 2.94 bits per heavy atom. The van der Waals surface area contributed by atoms with Gasteiger partial charge >= 0.3 is 0 Å². The van der Waals surface area contributed by atoms with E-state index in [1.165, 1.54) is 18.7 Å². The number of rotatable bonds is 3. The Labute approximate surface area is 114 Å². The average Bonchev–Trinajstić information content (AvgIpc) is 2.39. The Morgan fingerprint density at radius 2 is 2.28 bits per heavy atom. The van der Waals surface area contributed by atoms with E-state index in [1.54, 1.807) is 6.07 Å². The van der Waals surface area contributed by atoms with Gasteiger partial charge in [-0.1, -0.05) is 22.4 Å². The van der Waals surface area contributed by atoms with Crippen molar-refractivity contribution >= 4 is 21.8 Å². The first kappa shape index (κ1) is 13.3. The third-order valence-electron chi connectivity index (χ3n) is 3.38. The first-order valence-electron chi connectivity index (χ1n) is 6.24. The van der Waals surface area contributed by atoms with Gasteiger partial charge in [-0.05, 0) is 31.2 Å². The largest absolute Gasteiger partial charge is 0.349 e. The highest BCUT2D eigenvalue weighted by molar-refractivity contribution is 9.09. The monoisotopic (exact) mass is 312 g/mol. The summed E-state index contributed by atoms with van der Waals surface area (Å²) in [6, 6.07) is 3.18. The van der Waals surface area contributed by atoms with Gasteiger partial charge in [-0.15, -0.1) is 0 Å². The minimum atomic E-state index is -0.191. The molecule has 0 bridgehead atoms. The van der Waals surface area contributed by atoms with Crippen molar-refractivity contribution in [1.29, 1.82) is 0 Å². The van der Waals surface area contributed by atoms with Crippen LogP contribution in [0.4, 0.5) is 0 Å². The highest BCUT2D eigenvalue weighted by Crippen LogP contribution is 2.25. The standard InChI is InChI=1S/C13H17BrN2O2/c14-7-9-2-1-3-11(6-9)16-13(18)10-4-5-12(17)15-8-10/h4-5,8-9,11H,1-3,6-7H2,(H,15,17)(H,16,18). The van der Waals surface area contributed by atoms with Gasteiger partial charge in [0.15, 0.2) is 0 Å². The third kappa shape index (κ3) is 3.45. The zero-order valence-corrected chi connectivity index (χ0v) is 11.7. The Kier molecular flexibility index (Phi) is 4.58. The summed E-state index contributed by atoms with van der Waals surface area (Å²) in [6.07, 6.45) is 5.92. The molecular formula is C13H17BrN2O2. The molecule has 1 aliphatic rings. The molecule has 1 aliphatic carbocycles. The molecule has 1 amide bonds. The van der Waals surface area contributed by atoms with Crippen LogP contribution in [-0.2, 0) is 0 Å². The highest BCUT2D eigenvalue weighted by atomic mass is 79.9. The molecule has 1 heterocycles. The van der Waals surface area contributed by atoms with Crippen LogP contribution in [0.25, 0.3) is 0 Å². The van der Waals surface area contributed by atoms with Crippen molar-refractivity contribution in [3.05, 3.63) is 34.2 Å². The van der Waals surface area contributed by atoms with E-state index in [-0.39, 0.29) is 17.5 Å². The van der Waals surface area contributed by atoms with E-state index >= 15 is 0 Å². The maximum Gasteiger partial charge on any atom is 0.252 e. The van der Waals surface area contributed by atoms with Gasteiger partial charge in [0.25, 0.3) is 5.91 Å². The molecule has 2 N–H and O–H groups in total. The smallest absolute Gasteiger partial charge is 0.252 e. The number of aromatic amines is 1. The summed E-state index contributed by atoms with van der Waals surface area (Å²) in [4.78, 5) is 25.4. The summed E-state index contributed by atoms with van der Waals surface area (Å²) >= 11 is 3.51. The van der Waals surface area contributed by atoms with E-state index in [0.717, 1.165) is 24.6 Å². The molecule has 18 heavy (non-hydrogen) atoms. The molecular weight excluding hydrogens is 296 g/mol. The van der Waals surface area contributed by atoms with Crippen LogP contribution in [0.3, 0.4) is 0 Å². The Hall–Kier alpha value is -1.10. The lowest BCUT2D eigenvalue weighted by Gasteiger charge is -2.28. The molecule has 1 aromatic heterocycles. The van der Waals surface area contributed by atoms with Crippen molar-refractivity contribution in [2.75, 3.05) is 5.33 Å². The van der Waals surface area contributed by atoms with Gasteiger partial charge in [0, 0.05) is 23.6 Å². The predicted octanol–water partition coefficient (Wildman–Crippen LogP) is 2.06. The lowest BCUT2D eigenvalue weighted by molar-refractivity contribution is 0.0921. The number of amides is 1. The van der Waals surface area contributed by atoms with Gasteiger partial charge in [-0.3, -0.25) is 9.59 Å². The van der Waals surface area contributed by atoms with Crippen LogP contribution < -0.4 is 10.9 Å². The zero-order valence-electron chi connectivity index (χ0n) is 10.1. The molecule has 98 valence electrons. The number of alkyl halides is 1. The van der Waals surface area contributed by atoms with Crippen LogP contribution >= 0.6 is 15.9 Å². The maximum absolute atomic E-state index is 12.0. The van der Waals surface area contributed by atoms with Gasteiger partial charge in [0.2, 0.25) is 5.56 Å². The summed E-state index contributed by atoms with van der Waals surface area (Å²) in [5.74, 6) is 0.547. The topological polar surface area (TPSA) is 62.0 Å². The summed E-state index contributed by atoms with van der Waals surface area (Å²) in [6.45, 7) is 0. The second-order valence-electron chi connectivity index (χ2n) is 4.80. The van der Waals surface area contributed by atoms with Crippen molar-refractivity contribution in [2.45, 2.75) is 31.7 Å². The van der Waals surface area contributed by atoms with Crippen LogP contribution in [0.2, 0.25) is 0 Å². The SMILES string of the molecule is O=C(NC1CCCC(CBr)C1)c1ccc(=O)[nH]c1. The Bertz CT molecular complexity index is 452. The number of pyridine rings is 1. The van der Waals surface area contributed by atoms with Crippen molar-refractivity contribution in [3.63, 3.8) is 0 Å². The number of nitrogens with one attached hydrogen (secondary N) is 2. The van der Waals surface area contributed by atoms with Crippen molar-refractivity contribution in [2.24, 2.45) is 5.92 Å². The molecule has 0 aromatic carbocycles. The normalized spacial score (nSPS) is 23.6. The van der Waals surface area contributed by atoms with E-state index < -0.39 is 0 Å². The van der Waals surface area contributed by atoms with Gasteiger partial charge in [-0.2, -0.15) is 0 Å². The molecule has 0 radical (unpaired) electrons. The summed E-state index contributed by atoms with van der Waals surface area (Å²) < 4.78 is 0. The number of H-pyrrole nitrogens is 1. The number of hydrogen-bond acceptors (Lipinski definition) is 2. The number of aromatic nitrogens is 1. The van der Waals surface area contributed by atoms with Gasteiger partial charge in [-0.25, -0.2) is 0 Å². The zero-order chi connectivity index (χ0) is 13.0. The fourth-order valence-electron chi connectivity index (χ4n) is 2.38. The van der Waals surface area contributed by atoms with E-state index in [2.05, 4.69) is 26.2 Å². The second-order valence-corrected chi connectivity index (χ2v) is 5.45. The fraction of sp³-hybridized carbons (Fsp3) is 0.538. The van der Waals surface area contributed by atoms with E-state index in [4.69, 9.17) is 0 Å². The van der Waals surface area contributed by atoms with Gasteiger partial charge in [0.1, 0.15) is 0 Å². The number of hydrogen-bond donors (Lipinski definition) is 2. The molecule has 2 unspecified atom stereocenters. The fourth-order valence-corrected chi connectivity index (χ4v) is 2.97. The summed E-state index contributed by atoms with van der Waals surface area (Å²) in [5.41, 5.74) is 0.319. The van der Waals surface area contributed by atoms with Crippen LogP contribution in [0.5, 0.6) is 0 Å². The maximum atomic E-state index is 12.0. The number of carbonyl (C=O) groups excluding carboxylic acids is 1. The van der Waals surface area contributed by atoms with Crippen LogP contribution in [0.1, 0.15) is 36.0 Å². The number of halogens is 1. The first-order valence-corrected chi connectivity index (χ1v) is 7.36. The quantitative estimate of drug-likeness (QED) is 0.839. The van der Waals surface area contributed by atoms with Crippen molar-refractivity contribution in [3.8, 4) is 0 Å². The van der Waals surface area contributed by atoms with E-state index in [9.17, 15) is 9.59 Å². The van der Waals surface area contributed by atoms with Gasteiger partial charge < -0.3 is 10.3 Å². The lowest BCUT2D eigenvalue weighted by Crippen LogP contribution is -2.38. The molecule has 2 atom stereocenters. The summed E-state index contributed by atoms with van der Waals surface area (Å²) in [5, 5.41) is 4.04. The molecule has 0 spiro atoms. The van der Waals surface area contributed by atoms with E-state index in [0.29, 0.717) is 11.5 Å². The predicted molar refractivity (Wildman–Crippen MR) is 74.1 cm³/mol. The minimum absolute atomic E-state index is 0.105. The molecule has 1 aromatic rings. The Balaban J connectivity index is 1.94. The third-order valence-corrected chi connectivity index (χ3v) is 4.30. The molecule has 0 saturated heterocycles. The Morgan fingerprint density at radius 1 is 1.44 bits per heavy atom. The molecule has 1 fully saturated rings. The van der Waals surface area contributed by atoms with Crippen LogP contribution in [-0.4, -0.2) is 22.3 Å². The number of carbonyl (C=O) groups is 1. The lowest BCUT2D eigenvalue weighted by atomic mass is 9.87. The molecule has 4 nitrogen and oxygen atoms in total. The van der Waals surface area contributed by atoms with Crippen molar-refractivity contribution < 1.29 is 4.79 Å². The highest BCUT2D eigenvalue weighted by Gasteiger charge is 2.22. The van der Waals surface area contributed by atoms with Crippen LogP contribution in [0, 0.1) is 5.92 Å². The van der Waals surface area contributed by atoms with Gasteiger partial charge in [0.05, 0.1) is 5.56 Å². The molecule has 5 heteroatoms. The van der Waals surface area contributed by atoms with E-state index in [1.807, 2.05) is 0 Å². The first-order chi connectivity index (χ1) is 8.69. The molecule has 2 rings (SSSR count).